The van der Waals surface area contributed by atoms with Gasteiger partial charge in [-0.25, -0.2) is 0 Å². The first-order valence-electron chi connectivity index (χ1n) is 6.93. The number of amides is 1. The Morgan fingerprint density at radius 1 is 1.50 bits per heavy atom. The molecule has 1 aromatic heterocycles. The number of carbonyl (C=O) groups excluding carboxylic acids is 1. The Balaban J connectivity index is 2.08. The van der Waals surface area contributed by atoms with Crippen molar-refractivity contribution in [3.05, 3.63) is 21.4 Å². The van der Waals surface area contributed by atoms with Gasteiger partial charge in [-0.3, -0.25) is 9.59 Å². The number of aryl methyl sites for hydroxylation is 1. The van der Waals surface area contributed by atoms with Gasteiger partial charge in [0.05, 0.1) is 11.3 Å². The molecule has 4 nitrogen and oxygen atoms in total. The second-order valence-corrected chi connectivity index (χ2v) is 7.45. The molecule has 1 heterocycles. The van der Waals surface area contributed by atoms with Crippen molar-refractivity contribution in [3.63, 3.8) is 0 Å². The summed E-state index contributed by atoms with van der Waals surface area (Å²) in [5.74, 6) is -0.394. The van der Waals surface area contributed by atoms with Crippen LogP contribution in [0.15, 0.2) is 6.07 Å². The molecule has 0 fully saturated rings. The number of nitrogens with one attached hydrogen (secondary N) is 1. The van der Waals surface area contributed by atoms with E-state index in [9.17, 15) is 9.59 Å². The monoisotopic (exact) mass is 295 g/mol. The molecule has 0 saturated carbocycles. The van der Waals surface area contributed by atoms with Gasteiger partial charge in [-0.05, 0) is 50.7 Å². The van der Waals surface area contributed by atoms with Gasteiger partial charge in [0.25, 0.3) is 5.91 Å². The van der Waals surface area contributed by atoms with Crippen molar-refractivity contribution in [3.8, 4) is 0 Å². The third-order valence-corrected chi connectivity index (χ3v) is 4.83. The summed E-state index contributed by atoms with van der Waals surface area (Å²) in [6.07, 6.45) is 3.19. The van der Waals surface area contributed by atoms with Crippen LogP contribution < -0.4 is 5.32 Å². The second-order valence-electron chi connectivity index (χ2n) is 6.32. The van der Waals surface area contributed by atoms with Gasteiger partial charge in [0.2, 0.25) is 0 Å². The zero-order valence-electron chi connectivity index (χ0n) is 12.2. The molecule has 20 heavy (non-hydrogen) atoms. The highest BCUT2D eigenvalue weighted by atomic mass is 32.1. The van der Waals surface area contributed by atoms with E-state index in [1.54, 1.807) is 25.2 Å². The van der Waals surface area contributed by atoms with Gasteiger partial charge in [-0.15, -0.1) is 11.3 Å². The predicted molar refractivity (Wildman–Crippen MR) is 79.3 cm³/mol. The van der Waals surface area contributed by atoms with Gasteiger partial charge in [-0.1, -0.05) is 6.92 Å². The smallest absolute Gasteiger partial charge is 0.305 e. The van der Waals surface area contributed by atoms with Crippen LogP contribution >= 0.6 is 11.3 Å². The minimum absolute atomic E-state index is 0.0825. The Morgan fingerprint density at radius 3 is 2.85 bits per heavy atom. The van der Waals surface area contributed by atoms with E-state index in [-0.39, 0.29) is 12.3 Å². The summed E-state index contributed by atoms with van der Waals surface area (Å²) in [6, 6.07) is 1.97. The van der Waals surface area contributed by atoms with E-state index in [0.29, 0.717) is 10.8 Å². The molecule has 1 amide bonds. The first-order chi connectivity index (χ1) is 9.27. The second kappa shape index (κ2) is 5.56. The first-order valence-corrected chi connectivity index (χ1v) is 7.74. The van der Waals surface area contributed by atoms with Gasteiger partial charge >= 0.3 is 5.97 Å². The topological polar surface area (TPSA) is 66.4 Å². The van der Waals surface area contributed by atoms with Gasteiger partial charge < -0.3 is 10.4 Å². The first kappa shape index (κ1) is 15.0. The van der Waals surface area contributed by atoms with E-state index in [1.165, 1.54) is 16.9 Å². The Morgan fingerprint density at radius 2 is 2.20 bits per heavy atom. The Bertz CT molecular complexity index is 533. The van der Waals surface area contributed by atoms with Crippen LogP contribution in [0.2, 0.25) is 0 Å². The van der Waals surface area contributed by atoms with Crippen molar-refractivity contribution in [2.75, 3.05) is 0 Å². The number of rotatable bonds is 4. The van der Waals surface area contributed by atoms with Crippen LogP contribution in [0.3, 0.4) is 0 Å². The van der Waals surface area contributed by atoms with E-state index in [1.807, 2.05) is 6.07 Å². The average molecular weight is 295 g/mol. The van der Waals surface area contributed by atoms with Crippen molar-refractivity contribution >= 4 is 23.2 Å². The number of hydrogen-bond donors (Lipinski definition) is 2. The molecule has 0 aromatic carbocycles. The van der Waals surface area contributed by atoms with Crippen LogP contribution in [0.25, 0.3) is 0 Å². The average Bonchev–Trinajstić information content (AvgIpc) is 2.69. The molecular weight excluding hydrogens is 274 g/mol. The predicted octanol–water partition coefficient (Wildman–Crippen LogP) is 2.86. The maximum absolute atomic E-state index is 12.2. The molecule has 1 aromatic rings. The number of hydrogen-bond acceptors (Lipinski definition) is 3. The molecule has 1 unspecified atom stereocenters. The molecule has 2 rings (SSSR count). The molecule has 1 atom stereocenters. The third kappa shape index (κ3) is 3.60. The van der Waals surface area contributed by atoms with Crippen LogP contribution in [-0.2, 0) is 17.6 Å². The molecule has 1 aliphatic carbocycles. The molecule has 0 radical (unpaired) electrons. The minimum atomic E-state index is -0.908. The quantitative estimate of drug-likeness (QED) is 0.897. The summed E-state index contributed by atoms with van der Waals surface area (Å²) in [7, 11) is 0. The molecular formula is C15H21NO3S. The number of fused-ring (bicyclic) bond motifs is 1. The largest absolute Gasteiger partial charge is 0.481 e. The molecule has 1 aliphatic rings. The molecule has 0 bridgehead atoms. The van der Waals surface area contributed by atoms with E-state index >= 15 is 0 Å². The van der Waals surface area contributed by atoms with E-state index in [2.05, 4.69) is 12.2 Å². The number of carboxylic acid groups (broad SMARTS) is 1. The Kier molecular flexibility index (Phi) is 4.18. The summed E-state index contributed by atoms with van der Waals surface area (Å²) in [4.78, 5) is 25.0. The van der Waals surface area contributed by atoms with Crippen LogP contribution in [0, 0.1) is 5.92 Å². The van der Waals surface area contributed by atoms with Crippen LogP contribution in [-0.4, -0.2) is 22.5 Å². The number of carboxylic acids is 1. The Hall–Kier alpha value is -1.36. The van der Waals surface area contributed by atoms with Crippen molar-refractivity contribution in [2.24, 2.45) is 5.92 Å². The van der Waals surface area contributed by atoms with E-state index in [4.69, 9.17) is 5.11 Å². The molecule has 2 N–H and O–H groups in total. The highest BCUT2D eigenvalue weighted by Gasteiger charge is 2.26. The lowest BCUT2D eigenvalue weighted by Gasteiger charge is -2.23. The lowest BCUT2D eigenvalue weighted by atomic mass is 9.90. The zero-order valence-corrected chi connectivity index (χ0v) is 13.0. The summed E-state index contributed by atoms with van der Waals surface area (Å²) in [5, 5.41) is 11.7. The third-order valence-electron chi connectivity index (χ3n) is 3.60. The van der Waals surface area contributed by atoms with Crippen molar-refractivity contribution in [1.82, 2.24) is 5.32 Å². The van der Waals surface area contributed by atoms with E-state index in [0.717, 1.165) is 12.8 Å². The molecule has 110 valence electrons. The molecule has 5 heteroatoms. The summed E-state index contributed by atoms with van der Waals surface area (Å²) < 4.78 is 0. The van der Waals surface area contributed by atoms with Crippen LogP contribution in [0.5, 0.6) is 0 Å². The maximum Gasteiger partial charge on any atom is 0.305 e. The SMILES string of the molecule is CC1CCc2sc(C(=O)NC(C)(C)CC(=O)O)cc2C1. The van der Waals surface area contributed by atoms with E-state index < -0.39 is 11.5 Å². The number of carbonyl (C=O) groups is 2. The van der Waals surface area contributed by atoms with Crippen molar-refractivity contribution < 1.29 is 14.7 Å². The normalized spacial score (nSPS) is 18.4. The highest BCUT2D eigenvalue weighted by molar-refractivity contribution is 7.14. The van der Waals surface area contributed by atoms with Crippen molar-refractivity contribution in [1.29, 1.82) is 0 Å². The summed E-state index contributed by atoms with van der Waals surface area (Å²) >= 11 is 1.55. The van der Waals surface area contributed by atoms with Gasteiger partial charge in [0.15, 0.2) is 0 Å². The van der Waals surface area contributed by atoms with Gasteiger partial charge in [0, 0.05) is 10.4 Å². The fourth-order valence-electron chi connectivity index (χ4n) is 2.61. The Labute approximate surface area is 123 Å². The van der Waals surface area contributed by atoms with Crippen LogP contribution in [0.4, 0.5) is 0 Å². The number of thiophene rings is 1. The lowest BCUT2D eigenvalue weighted by molar-refractivity contribution is -0.138. The highest BCUT2D eigenvalue weighted by Crippen LogP contribution is 2.32. The molecule has 0 spiro atoms. The van der Waals surface area contributed by atoms with Gasteiger partial charge in [-0.2, -0.15) is 0 Å². The fourth-order valence-corrected chi connectivity index (χ4v) is 3.71. The maximum atomic E-state index is 12.2. The number of aliphatic carboxylic acids is 1. The summed E-state index contributed by atoms with van der Waals surface area (Å²) in [6.45, 7) is 5.69. The van der Waals surface area contributed by atoms with Gasteiger partial charge in [0.1, 0.15) is 0 Å². The fraction of sp³-hybridized carbons (Fsp3) is 0.600. The zero-order chi connectivity index (χ0) is 14.9. The summed E-state index contributed by atoms with van der Waals surface area (Å²) in [5.41, 5.74) is 0.552. The van der Waals surface area contributed by atoms with Crippen LogP contribution in [0.1, 0.15) is 53.7 Å². The lowest BCUT2D eigenvalue weighted by Crippen LogP contribution is -2.44. The van der Waals surface area contributed by atoms with Crippen molar-refractivity contribution in [2.45, 2.75) is 52.0 Å². The molecule has 0 saturated heterocycles. The standard InChI is InChI=1S/C15H21NO3S/c1-9-4-5-11-10(6-9)7-12(20-11)14(19)16-15(2,3)8-13(17)18/h7,9H,4-6,8H2,1-3H3,(H,16,19)(H,17,18). The molecule has 0 aliphatic heterocycles. The minimum Gasteiger partial charge on any atom is -0.481 e.